The fourth-order valence-electron chi connectivity index (χ4n) is 1.52. The van der Waals surface area contributed by atoms with Crippen LogP contribution >= 0.6 is 11.6 Å². The Labute approximate surface area is 114 Å². The normalized spacial score (nSPS) is 10.9. The largest absolute Gasteiger partial charge is 0.467 e. The monoisotopic (exact) mass is 271 g/mol. The average molecular weight is 272 g/mol. The summed E-state index contributed by atoms with van der Waals surface area (Å²) >= 11 is 6.20. The summed E-state index contributed by atoms with van der Waals surface area (Å²) in [4.78, 5) is 0. The van der Waals surface area contributed by atoms with Crippen LogP contribution in [0.1, 0.15) is 26.3 Å². The number of nitrogens with one attached hydrogen (secondary N) is 1. The van der Waals surface area contributed by atoms with Crippen molar-refractivity contribution < 1.29 is 9.47 Å². The lowest BCUT2D eigenvalue weighted by Gasteiger charge is -2.14. The molecule has 0 aromatic heterocycles. The molecule has 0 aliphatic rings. The van der Waals surface area contributed by atoms with Gasteiger partial charge in [0.15, 0.2) is 6.79 Å². The van der Waals surface area contributed by atoms with E-state index in [4.69, 9.17) is 21.1 Å². The number of halogens is 1. The fourth-order valence-corrected chi connectivity index (χ4v) is 1.75. The molecule has 1 aromatic rings. The van der Waals surface area contributed by atoms with Crippen molar-refractivity contribution >= 4 is 11.6 Å². The van der Waals surface area contributed by atoms with Gasteiger partial charge in [0.1, 0.15) is 5.75 Å². The predicted molar refractivity (Wildman–Crippen MR) is 75.1 cm³/mol. The van der Waals surface area contributed by atoms with E-state index in [2.05, 4.69) is 19.2 Å². The van der Waals surface area contributed by atoms with E-state index >= 15 is 0 Å². The van der Waals surface area contributed by atoms with Gasteiger partial charge in [0.25, 0.3) is 0 Å². The third-order valence-electron chi connectivity index (χ3n) is 2.43. The first kappa shape index (κ1) is 15.3. The molecule has 1 aromatic carbocycles. The minimum Gasteiger partial charge on any atom is -0.467 e. The van der Waals surface area contributed by atoms with E-state index in [1.807, 2.05) is 25.1 Å². The van der Waals surface area contributed by atoms with Gasteiger partial charge < -0.3 is 14.8 Å². The van der Waals surface area contributed by atoms with Crippen molar-refractivity contribution in [3.8, 4) is 5.75 Å². The van der Waals surface area contributed by atoms with E-state index < -0.39 is 0 Å². The van der Waals surface area contributed by atoms with Crippen LogP contribution in [0.25, 0.3) is 0 Å². The third-order valence-corrected chi connectivity index (χ3v) is 2.79. The number of hydrogen-bond donors (Lipinski definition) is 1. The summed E-state index contributed by atoms with van der Waals surface area (Å²) in [6.07, 6.45) is 0. The van der Waals surface area contributed by atoms with Crippen molar-refractivity contribution in [1.82, 2.24) is 5.32 Å². The summed E-state index contributed by atoms with van der Waals surface area (Å²) in [6, 6.07) is 5.67. The smallest absolute Gasteiger partial charge is 0.189 e. The highest BCUT2D eigenvalue weighted by Gasteiger charge is 2.08. The van der Waals surface area contributed by atoms with Crippen LogP contribution in [0.4, 0.5) is 0 Å². The minimum absolute atomic E-state index is 0.258. The molecule has 18 heavy (non-hydrogen) atoms. The standard InChI is InChI=1S/C14H22ClNO2/c1-4-17-10-18-14-7-5-6-13(15)12(14)9-16-8-11(2)3/h5-7,11,16H,4,8-10H2,1-3H3. The van der Waals surface area contributed by atoms with Gasteiger partial charge in [-0.05, 0) is 31.5 Å². The van der Waals surface area contributed by atoms with Crippen LogP contribution in [0.15, 0.2) is 18.2 Å². The van der Waals surface area contributed by atoms with Crippen LogP contribution in [0, 0.1) is 5.92 Å². The zero-order valence-corrected chi connectivity index (χ0v) is 12.1. The predicted octanol–water partition coefficient (Wildman–Crippen LogP) is 3.46. The lowest BCUT2D eigenvalue weighted by Crippen LogP contribution is -2.19. The first-order valence-corrected chi connectivity index (χ1v) is 6.71. The highest BCUT2D eigenvalue weighted by Crippen LogP contribution is 2.26. The van der Waals surface area contributed by atoms with Crippen LogP contribution in [0.3, 0.4) is 0 Å². The second-order valence-electron chi connectivity index (χ2n) is 4.50. The summed E-state index contributed by atoms with van der Waals surface area (Å²) in [5.41, 5.74) is 0.986. The molecule has 0 amide bonds. The first-order chi connectivity index (χ1) is 8.65. The third kappa shape index (κ3) is 5.25. The van der Waals surface area contributed by atoms with Crippen LogP contribution in [-0.2, 0) is 11.3 Å². The lowest BCUT2D eigenvalue weighted by atomic mass is 10.2. The van der Waals surface area contributed by atoms with E-state index in [0.717, 1.165) is 22.9 Å². The van der Waals surface area contributed by atoms with E-state index in [-0.39, 0.29) is 6.79 Å². The molecule has 0 saturated heterocycles. The van der Waals surface area contributed by atoms with Gasteiger partial charge in [0.05, 0.1) is 0 Å². The van der Waals surface area contributed by atoms with Gasteiger partial charge >= 0.3 is 0 Å². The molecule has 0 radical (unpaired) electrons. The van der Waals surface area contributed by atoms with Crippen LogP contribution in [0.5, 0.6) is 5.75 Å². The Morgan fingerprint density at radius 2 is 2.11 bits per heavy atom. The Morgan fingerprint density at radius 3 is 2.78 bits per heavy atom. The maximum atomic E-state index is 6.20. The van der Waals surface area contributed by atoms with E-state index in [1.54, 1.807) is 0 Å². The van der Waals surface area contributed by atoms with E-state index in [9.17, 15) is 0 Å². The number of rotatable bonds is 8. The van der Waals surface area contributed by atoms with Crippen molar-refractivity contribution in [2.75, 3.05) is 19.9 Å². The maximum Gasteiger partial charge on any atom is 0.189 e. The maximum absolute atomic E-state index is 6.20. The van der Waals surface area contributed by atoms with E-state index in [1.165, 1.54) is 0 Å². The number of ether oxygens (including phenoxy) is 2. The SMILES string of the molecule is CCOCOc1cccc(Cl)c1CNCC(C)C. The number of hydrogen-bond acceptors (Lipinski definition) is 3. The molecule has 0 bridgehead atoms. The highest BCUT2D eigenvalue weighted by molar-refractivity contribution is 6.31. The summed E-state index contributed by atoms with van der Waals surface area (Å²) in [5.74, 6) is 1.40. The zero-order valence-electron chi connectivity index (χ0n) is 11.3. The summed E-state index contributed by atoms with van der Waals surface area (Å²) in [5, 5.41) is 4.09. The molecule has 1 N–H and O–H groups in total. The molecule has 0 aliphatic heterocycles. The Morgan fingerprint density at radius 1 is 1.33 bits per heavy atom. The lowest BCUT2D eigenvalue weighted by molar-refractivity contribution is 0.0218. The second-order valence-corrected chi connectivity index (χ2v) is 4.90. The molecule has 102 valence electrons. The van der Waals surface area contributed by atoms with Crippen molar-refractivity contribution in [3.05, 3.63) is 28.8 Å². The quantitative estimate of drug-likeness (QED) is 0.580. The van der Waals surface area contributed by atoms with Gasteiger partial charge in [0, 0.05) is 23.7 Å². The minimum atomic E-state index is 0.258. The van der Waals surface area contributed by atoms with Gasteiger partial charge in [-0.25, -0.2) is 0 Å². The molecule has 0 heterocycles. The van der Waals surface area contributed by atoms with Crippen molar-refractivity contribution in [1.29, 1.82) is 0 Å². The Hall–Kier alpha value is -0.770. The highest BCUT2D eigenvalue weighted by atomic mass is 35.5. The molecule has 0 saturated carbocycles. The Bertz CT molecular complexity index is 356. The Kier molecular flexibility index (Phi) is 7.09. The molecule has 4 heteroatoms. The van der Waals surface area contributed by atoms with Crippen molar-refractivity contribution in [2.45, 2.75) is 27.3 Å². The molecule has 1 rings (SSSR count). The molecule has 0 fully saturated rings. The molecular formula is C14H22ClNO2. The van der Waals surface area contributed by atoms with Crippen LogP contribution < -0.4 is 10.1 Å². The van der Waals surface area contributed by atoms with Gasteiger partial charge in [-0.1, -0.05) is 31.5 Å². The van der Waals surface area contributed by atoms with Crippen LogP contribution in [0.2, 0.25) is 5.02 Å². The van der Waals surface area contributed by atoms with Crippen LogP contribution in [-0.4, -0.2) is 19.9 Å². The molecule has 0 spiro atoms. The van der Waals surface area contributed by atoms with Gasteiger partial charge in [-0.2, -0.15) is 0 Å². The molecule has 3 nitrogen and oxygen atoms in total. The summed E-state index contributed by atoms with van der Waals surface area (Å²) in [6.45, 7) is 8.84. The first-order valence-electron chi connectivity index (χ1n) is 6.33. The molecule has 0 atom stereocenters. The van der Waals surface area contributed by atoms with E-state index in [0.29, 0.717) is 19.1 Å². The Balaban J connectivity index is 2.61. The van der Waals surface area contributed by atoms with Gasteiger partial charge in [-0.3, -0.25) is 0 Å². The topological polar surface area (TPSA) is 30.5 Å². The molecule has 0 unspecified atom stereocenters. The summed E-state index contributed by atoms with van der Waals surface area (Å²) in [7, 11) is 0. The second kappa shape index (κ2) is 8.35. The molecule has 0 aliphatic carbocycles. The zero-order chi connectivity index (χ0) is 13.4. The van der Waals surface area contributed by atoms with Crippen molar-refractivity contribution in [3.63, 3.8) is 0 Å². The number of benzene rings is 1. The fraction of sp³-hybridized carbons (Fsp3) is 0.571. The molecular weight excluding hydrogens is 250 g/mol. The van der Waals surface area contributed by atoms with Gasteiger partial charge in [-0.15, -0.1) is 0 Å². The van der Waals surface area contributed by atoms with Crippen molar-refractivity contribution in [2.24, 2.45) is 5.92 Å². The summed E-state index contributed by atoms with van der Waals surface area (Å²) < 4.78 is 10.8. The van der Waals surface area contributed by atoms with Gasteiger partial charge in [0.2, 0.25) is 0 Å². The average Bonchev–Trinajstić information content (AvgIpc) is 2.32.